The summed E-state index contributed by atoms with van der Waals surface area (Å²) in [5, 5.41) is 2.44. The third-order valence-corrected chi connectivity index (χ3v) is 1.86. The van der Waals surface area contributed by atoms with Gasteiger partial charge in [-0.15, -0.1) is 0 Å². The molecule has 74 valence electrons. The first-order valence-corrected chi connectivity index (χ1v) is 4.20. The number of carbonyl (C=O) groups is 2. The Balaban J connectivity index is 2.20. The first-order chi connectivity index (χ1) is 6.24. The van der Waals surface area contributed by atoms with E-state index in [1.807, 2.05) is 0 Å². The van der Waals surface area contributed by atoms with Crippen molar-refractivity contribution in [3.63, 3.8) is 0 Å². The quantitative estimate of drug-likeness (QED) is 0.602. The molecule has 0 saturated carbocycles. The van der Waals surface area contributed by atoms with Gasteiger partial charge in [-0.25, -0.2) is 0 Å². The first kappa shape index (κ1) is 9.98. The van der Waals surface area contributed by atoms with Gasteiger partial charge in [0.05, 0.1) is 7.11 Å². The van der Waals surface area contributed by atoms with E-state index < -0.39 is 5.97 Å². The van der Waals surface area contributed by atoms with Crippen LogP contribution in [0, 0.1) is 0 Å². The molecular formula is C8H13NO4. The zero-order chi connectivity index (χ0) is 9.68. The number of ether oxygens (including phenoxy) is 2. The van der Waals surface area contributed by atoms with Gasteiger partial charge in [-0.05, 0) is 12.8 Å². The van der Waals surface area contributed by atoms with Crippen LogP contribution in [-0.2, 0) is 19.1 Å². The van der Waals surface area contributed by atoms with Gasteiger partial charge in [0.1, 0.15) is 12.6 Å². The summed E-state index contributed by atoms with van der Waals surface area (Å²) in [6.45, 7) is 0.533. The van der Waals surface area contributed by atoms with E-state index in [1.54, 1.807) is 0 Å². The molecule has 0 unspecified atom stereocenters. The summed E-state index contributed by atoms with van der Waals surface area (Å²) >= 11 is 0. The Morgan fingerprint density at radius 1 is 1.62 bits per heavy atom. The Morgan fingerprint density at radius 3 is 2.92 bits per heavy atom. The lowest BCUT2D eigenvalue weighted by Crippen LogP contribution is -2.37. The molecule has 1 saturated heterocycles. The average molecular weight is 187 g/mol. The number of amides is 1. The molecule has 1 fully saturated rings. The standard InChI is InChI=1S/C8H13NO4/c1-12-7(10)5-9-8(11)6-3-2-4-13-6/h6H,2-5H2,1H3,(H,9,11)/t6-/m1/s1. The van der Waals surface area contributed by atoms with Crippen molar-refractivity contribution in [2.45, 2.75) is 18.9 Å². The van der Waals surface area contributed by atoms with Gasteiger partial charge in [0.15, 0.2) is 0 Å². The largest absolute Gasteiger partial charge is 0.468 e. The molecule has 1 amide bonds. The molecule has 5 nitrogen and oxygen atoms in total. The second-order valence-corrected chi connectivity index (χ2v) is 2.80. The zero-order valence-electron chi connectivity index (χ0n) is 7.54. The lowest BCUT2D eigenvalue weighted by molar-refractivity contribution is -0.142. The highest BCUT2D eigenvalue weighted by molar-refractivity contribution is 5.85. The highest BCUT2D eigenvalue weighted by Crippen LogP contribution is 2.11. The Bertz CT molecular complexity index is 198. The molecular weight excluding hydrogens is 174 g/mol. The highest BCUT2D eigenvalue weighted by Gasteiger charge is 2.23. The number of rotatable bonds is 3. The maximum absolute atomic E-state index is 11.2. The molecule has 0 aromatic rings. The molecule has 0 spiro atoms. The smallest absolute Gasteiger partial charge is 0.325 e. The summed E-state index contributed by atoms with van der Waals surface area (Å²) in [5.41, 5.74) is 0. The molecule has 5 heteroatoms. The van der Waals surface area contributed by atoms with E-state index in [0.717, 1.165) is 12.8 Å². The van der Waals surface area contributed by atoms with Crippen LogP contribution in [0.1, 0.15) is 12.8 Å². The molecule has 1 rings (SSSR count). The molecule has 1 heterocycles. The Labute approximate surface area is 76.4 Å². The number of esters is 1. The third kappa shape index (κ3) is 3.02. The molecule has 13 heavy (non-hydrogen) atoms. The van der Waals surface area contributed by atoms with Crippen LogP contribution in [0.25, 0.3) is 0 Å². The minimum Gasteiger partial charge on any atom is -0.468 e. The molecule has 0 radical (unpaired) electrons. The maximum atomic E-state index is 11.2. The fraction of sp³-hybridized carbons (Fsp3) is 0.750. The fourth-order valence-corrected chi connectivity index (χ4v) is 1.13. The van der Waals surface area contributed by atoms with Crippen molar-refractivity contribution < 1.29 is 19.1 Å². The Hall–Kier alpha value is -1.10. The van der Waals surface area contributed by atoms with Gasteiger partial charge in [0.25, 0.3) is 0 Å². The van der Waals surface area contributed by atoms with Crippen molar-refractivity contribution in [1.29, 1.82) is 0 Å². The molecule has 0 aromatic carbocycles. The van der Waals surface area contributed by atoms with Gasteiger partial charge in [0, 0.05) is 6.61 Å². The Morgan fingerprint density at radius 2 is 2.38 bits per heavy atom. The normalized spacial score (nSPS) is 21.2. The van der Waals surface area contributed by atoms with Crippen molar-refractivity contribution in [2.24, 2.45) is 0 Å². The van der Waals surface area contributed by atoms with Gasteiger partial charge in [0.2, 0.25) is 5.91 Å². The molecule has 1 N–H and O–H groups in total. The van der Waals surface area contributed by atoms with Crippen LogP contribution in [0.15, 0.2) is 0 Å². The summed E-state index contributed by atoms with van der Waals surface area (Å²) in [5.74, 6) is -0.686. The van der Waals surface area contributed by atoms with E-state index in [4.69, 9.17) is 4.74 Å². The number of carbonyl (C=O) groups excluding carboxylic acids is 2. The van der Waals surface area contributed by atoms with Gasteiger partial charge in [-0.1, -0.05) is 0 Å². The monoisotopic (exact) mass is 187 g/mol. The topological polar surface area (TPSA) is 64.6 Å². The van der Waals surface area contributed by atoms with Crippen molar-refractivity contribution in [3.8, 4) is 0 Å². The third-order valence-electron chi connectivity index (χ3n) is 1.86. The summed E-state index contributed by atoms with van der Waals surface area (Å²) in [6.07, 6.45) is 1.24. The van der Waals surface area contributed by atoms with Crippen LogP contribution >= 0.6 is 0 Å². The lowest BCUT2D eigenvalue weighted by atomic mass is 10.2. The van der Waals surface area contributed by atoms with Crippen molar-refractivity contribution in [3.05, 3.63) is 0 Å². The number of hydrogen-bond acceptors (Lipinski definition) is 4. The van der Waals surface area contributed by atoms with Crippen LogP contribution in [0.5, 0.6) is 0 Å². The van der Waals surface area contributed by atoms with Crippen LogP contribution in [0.3, 0.4) is 0 Å². The van der Waals surface area contributed by atoms with E-state index in [2.05, 4.69) is 10.1 Å². The molecule has 0 aromatic heterocycles. The second-order valence-electron chi connectivity index (χ2n) is 2.80. The molecule has 0 bridgehead atoms. The van der Waals surface area contributed by atoms with E-state index in [-0.39, 0.29) is 18.6 Å². The van der Waals surface area contributed by atoms with Gasteiger partial charge >= 0.3 is 5.97 Å². The van der Waals surface area contributed by atoms with Crippen molar-refractivity contribution in [2.75, 3.05) is 20.3 Å². The van der Waals surface area contributed by atoms with Crippen LogP contribution < -0.4 is 5.32 Å². The van der Waals surface area contributed by atoms with Crippen LogP contribution in [0.4, 0.5) is 0 Å². The summed E-state index contributed by atoms with van der Waals surface area (Å²) < 4.78 is 9.49. The predicted octanol–water partition coefficient (Wildman–Crippen LogP) is -0.545. The molecule has 1 atom stereocenters. The summed E-state index contributed by atoms with van der Waals surface area (Å²) in [4.78, 5) is 21.9. The Kier molecular flexibility index (Phi) is 3.70. The number of hydrogen-bond donors (Lipinski definition) is 1. The minimum absolute atomic E-state index is 0.0881. The van der Waals surface area contributed by atoms with E-state index >= 15 is 0 Å². The maximum Gasteiger partial charge on any atom is 0.325 e. The average Bonchev–Trinajstić information content (AvgIpc) is 2.66. The molecule has 1 aliphatic rings. The highest BCUT2D eigenvalue weighted by atomic mass is 16.5. The summed E-state index contributed by atoms with van der Waals surface area (Å²) in [7, 11) is 1.28. The van der Waals surface area contributed by atoms with Gasteiger partial charge in [-0.2, -0.15) is 0 Å². The second kappa shape index (κ2) is 4.81. The predicted molar refractivity (Wildman–Crippen MR) is 44.0 cm³/mol. The number of nitrogens with one attached hydrogen (secondary N) is 1. The van der Waals surface area contributed by atoms with Gasteiger partial charge in [-0.3, -0.25) is 9.59 Å². The van der Waals surface area contributed by atoms with E-state index in [1.165, 1.54) is 7.11 Å². The minimum atomic E-state index is -0.452. The molecule has 0 aliphatic carbocycles. The SMILES string of the molecule is COC(=O)CNC(=O)[C@H]1CCCO1. The lowest BCUT2D eigenvalue weighted by Gasteiger charge is -2.08. The van der Waals surface area contributed by atoms with Crippen LogP contribution in [0.2, 0.25) is 0 Å². The van der Waals surface area contributed by atoms with Crippen LogP contribution in [-0.4, -0.2) is 38.2 Å². The first-order valence-electron chi connectivity index (χ1n) is 4.20. The number of methoxy groups -OCH3 is 1. The van der Waals surface area contributed by atoms with E-state index in [0.29, 0.717) is 6.61 Å². The van der Waals surface area contributed by atoms with Crippen molar-refractivity contribution in [1.82, 2.24) is 5.32 Å². The van der Waals surface area contributed by atoms with Gasteiger partial charge < -0.3 is 14.8 Å². The summed E-state index contributed by atoms with van der Waals surface area (Å²) in [6, 6.07) is 0. The fourth-order valence-electron chi connectivity index (χ4n) is 1.13. The van der Waals surface area contributed by atoms with Crippen molar-refractivity contribution >= 4 is 11.9 Å². The van der Waals surface area contributed by atoms with E-state index in [9.17, 15) is 9.59 Å². The molecule has 1 aliphatic heterocycles. The zero-order valence-corrected chi connectivity index (χ0v) is 7.54.